The molecule has 5 nitrogen and oxygen atoms in total. The molecular weight excluding hydrogens is 467 g/mol. The Morgan fingerprint density at radius 1 is 0.943 bits per heavy atom. The van der Waals surface area contributed by atoms with Crippen LogP contribution in [0, 0.1) is 11.7 Å². The van der Waals surface area contributed by atoms with Crippen LogP contribution in [0.15, 0.2) is 78.9 Å². The summed E-state index contributed by atoms with van der Waals surface area (Å²) in [7, 11) is 0. The number of nitrogens with zero attached hydrogens (tertiary/aromatic N) is 1. The second-order valence-corrected chi connectivity index (χ2v) is 9.12. The van der Waals surface area contributed by atoms with Gasteiger partial charge in [0.15, 0.2) is 6.61 Å². The van der Waals surface area contributed by atoms with Crippen molar-refractivity contribution in [3.8, 4) is 5.75 Å². The summed E-state index contributed by atoms with van der Waals surface area (Å²) in [6.45, 7) is 4.32. The van der Waals surface area contributed by atoms with Gasteiger partial charge in [0, 0.05) is 19.5 Å². The lowest BCUT2D eigenvalue weighted by Gasteiger charge is -2.31. The number of halogens is 2. The fraction of sp³-hybridized carbons (Fsp3) is 0.286. The Morgan fingerprint density at radius 2 is 1.60 bits per heavy atom. The molecular formula is C28H30ClFN2O3. The molecule has 1 unspecified atom stereocenters. The van der Waals surface area contributed by atoms with Gasteiger partial charge in [0.2, 0.25) is 5.91 Å². The smallest absolute Gasteiger partial charge is 0.261 e. The number of amides is 2. The molecule has 35 heavy (non-hydrogen) atoms. The summed E-state index contributed by atoms with van der Waals surface area (Å²) in [5.41, 5.74) is 1.62. The summed E-state index contributed by atoms with van der Waals surface area (Å²) in [6, 6.07) is 21.5. The van der Waals surface area contributed by atoms with Gasteiger partial charge in [-0.25, -0.2) is 4.39 Å². The first kappa shape index (κ1) is 26.2. The summed E-state index contributed by atoms with van der Waals surface area (Å²) in [4.78, 5) is 28.3. The predicted octanol–water partition coefficient (Wildman–Crippen LogP) is 5.27. The zero-order valence-electron chi connectivity index (χ0n) is 19.9. The largest absolute Gasteiger partial charge is 0.482 e. The van der Waals surface area contributed by atoms with Gasteiger partial charge in [0.25, 0.3) is 5.91 Å². The number of para-hydroxylation sites is 1. The van der Waals surface area contributed by atoms with Gasteiger partial charge < -0.3 is 15.0 Å². The normalized spacial score (nSPS) is 11.7. The van der Waals surface area contributed by atoms with Gasteiger partial charge in [-0.2, -0.15) is 0 Å². The van der Waals surface area contributed by atoms with E-state index in [1.165, 1.54) is 17.0 Å². The van der Waals surface area contributed by atoms with Crippen molar-refractivity contribution in [1.82, 2.24) is 10.2 Å². The van der Waals surface area contributed by atoms with Gasteiger partial charge >= 0.3 is 0 Å². The fourth-order valence-electron chi connectivity index (χ4n) is 3.55. The Kier molecular flexibility index (Phi) is 9.67. The third kappa shape index (κ3) is 8.11. The molecule has 0 fully saturated rings. The molecule has 0 saturated carbocycles. The van der Waals surface area contributed by atoms with E-state index in [0.29, 0.717) is 29.3 Å². The number of benzene rings is 3. The summed E-state index contributed by atoms with van der Waals surface area (Å²) in [5.74, 6) is -0.371. The number of carbonyl (C=O) groups excluding carboxylic acids is 2. The molecule has 0 aliphatic carbocycles. The SMILES string of the molecule is CC(C)CNC(=O)C(Cc1ccccc1)N(Cc1ccc(F)cc1)C(=O)COc1ccccc1Cl. The second kappa shape index (κ2) is 12.9. The number of ether oxygens (including phenoxy) is 1. The van der Waals surface area contributed by atoms with Gasteiger partial charge in [-0.05, 0) is 41.3 Å². The molecule has 0 heterocycles. The maximum absolute atomic E-state index is 13.5. The maximum Gasteiger partial charge on any atom is 0.261 e. The molecule has 3 aromatic rings. The van der Waals surface area contributed by atoms with E-state index in [9.17, 15) is 14.0 Å². The van der Waals surface area contributed by atoms with Crippen LogP contribution in [0.1, 0.15) is 25.0 Å². The molecule has 184 valence electrons. The molecule has 1 N–H and O–H groups in total. The first-order valence-corrected chi connectivity index (χ1v) is 11.9. The van der Waals surface area contributed by atoms with E-state index in [0.717, 1.165) is 5.56 Å². The molecule has 3 aromatic carbocycles. The van der Waals surface area contributed by atoms with Crippen molar-refractivity contribution in [3.63, 3.8) is 0 Å². The quantitative estimate of drug-likeness (QED) is 0.393. The van der Waals surface area contributed by atoms with Gasteiger partial charge in [0.05, 0.1) is 5.02 Å². The van der Waals surface area contributed by atoms with E-state index in [1.807, 2.05) is 44.2 Å². The third-order valence-electron chi connectivity index (χ3n) is 5.41. The van der Waals surface area contributed by atoms with Crippen LogP contribution in [-0.2, 0) is 22.6 Å². The predicted molar refractivity (Wildman–Crippen MR) is 136 cm³/mol. The summed E-state index contributed by atoms with van der Waals surface area (Å²) >= 11 is 6.17. The van der Waals surface area contributed by atoms with Crippen molar-refractivity contribution >= 4 is 23.4 Å². The average molecular weight is 497 g/mol. The monoisotopic (exact) mass is 496 g/mol. The third-order valence-corrected chi connectivity index (χ3v) is 5.72. The van der Waals surface area contributed by atoms with Gasteiger partial charge in [-0.1, -0.05) is 80.0 Å². The Morgan fingerprint density at radius 3 is 2.26 bits per heavy atom. The van der Waals surface area contributed by atoms with Crippen LogP contribution < -0.4 is 10.1 Å². The Hall–Kier alpha value is -3.38. The zero-order valence-corrected chi connectivity index (χ0v) is 20.7. The molecule has 0 saturated heterocycles. The Balaban J connectivity index is 1.90. The number of hydrogen-bond acceptors (Lipinski definition) is 3. The van der Waals surface area contributed by atoms with Crippen LogP contribution in [0.3, 0.4) is 0 Å². The second-order valence-electron chi connectivity index (χ2n) is 8.71. The molecule has 0 aliphatic rings. The highest BCUT2D eigenvalue weighted by Gasteiger charge is 2.30. The minimum absolute atomic E-state index is 0.123. The van der Waals surface area contributed by atoms with E-state index in [1.54, 1.807) is 36.4 Å². The zero-order chi connectivity index (χ0) is 25.2. The molecule has 0 aromatic heterocycles. The molecule has 0 bridgehead atoms. The van der Waals surface area contributed by atoms with Crippen LogP contribution in [0.4, 0.5) is 4.39 Å². The van der Waals surface area contributed by atoms with Crippen LogP contribution >= 0.6 is 11.6 Å². The highest BCUT2D eigenvalue weighted by molar-refractivity contribution is 6.32. The topological polar surface area (TPSA) is 58.6 Å². The van der Waals surface area contributed by atoms with Crippen molar-refractivity contribution in [3.05, 3.63) is 101 Å². The molecule has 1 atom stereocenters. The van der Waals surface area contributed by atoms with Crippen molar-refractivity contribution in [2.24, 2.45) is 5.92 Å². The van der Waals surface area contributed by atoms with E-state index in [2.05, 4.69) is 5.32 Å². The minimum atomic E-state index is -0.788. The number of carbonyl (C=O) groups is 2. The highest BCUT2D eigenvalue weighted by Crippen LogP contribution is 2.23. The molecule has 2 amide bonds. The van der Waals surface area contributed by atoms with Crippen molar-refractivity contribution < 1.29 is 18.7 Å². The number of nitrogens with one attached hydrogen (secondary N) is 1. The molecule has 0 aliphatic heterocycles. The minimum Gasteiger partial charge on any atom is -0.482 e. The summed E-state index contributed by atoms with van der Waals surface area (Å²) in [5, 5.41) is 3.35. The lowest BCUT2D eigenvalue weighted by atomic mass is 10.0. The van der Waals surface area contributed by atoms with Crippen molar-refractivity contribution in [1.29, 1.82) is 0 Å². The molecule has 0 radical (unpaired) electrons. The van der Waals surface area contributed by atoms with Crippen LogP contribution in [0.2, 0.25) is 5.02 Å². The number of hydrogen-bond donors (Lipinski definition) is 1. The molecule has 7 heteroatoms. The number of rotatable bonds is 11. The Labute approximate surface area is 210 Å². The first-order valence-electron chi connectivity index (χ1n) is 11.6. The Bertz CT molecular complexity index is 1110. The lowest BCUT2D eigenvalue weighted by Crippen LogP contribution is -2.52. The van der Waals surface area contributed by atoms with Gasteiger partial charge in [-0.3, -0.25) is 9.59 Å². The van der Waals surface area contributed by atoms with E-state index in [4.69, 9.17) is 16.3 Å². The van der Waals surface area contributed by atoms with Crippen LogP contribution in [0.25, 0.3) is 0 Å². The summed E-state index contributed by atoms with van der Waals surface area (Å²) < 4.78 is 19.2. The van der Waals surface area contributed by atoms with E-state index >= 15 is 0 Å². The average Bonchev–Trinajstić information content (AvgIpc) is 2.85. The van der Waals surface area contributed by atoms with Gasteiger partial charge in [-0.15, -0.1) is 0 Å². The van der Waals surface area contributed by atoms with E-state index < -0.39 is 6.04 Å². The maximum atomic E-state index is 13.5. The molecule has 0 spiro atoms. The lowest BCUT2D eigenvalue weighted by molar-refractivity contribution is -0.142. The van der Waals surface area contributed by atoms with Crippen molar-refractivity contribution in [2.45, 2.75) is 32.9 Å². The molecule has 3 rings (SSSR count). The van der Waals surface area contributed by atoms with Gasteiger partial charge in [0.1, 0.15) is 17.6 Å². The fourth-order valence-corrected chi connectivity index (χ4v) is 3.74. The van der Waals surface area contributed by atoms with E-state index in [-0.39, 0.29) is 36.7 Å². The van der Waals surface area contributed by atoms with Crippen LogP contribution in [0.5, 0.6) is 5.75 Å². The standard InChI is InChI=1S/C28H30ClFN2O3/c1-20(2)17-31-28(34)25(16-21-8-4-3-5-9-21)32(18-22-12-14-23(30)15-13-22)27(33)19-35-26-11-7-6-10-24(26)29/h3-15,20,25H,16-19H2,1-2H3,(H,31,34). The van der Waals surface area contributed by atoms with Crippen LogP contribution in [-0.4, -0.2) is 35.9 Å². The highest BCUT2D eigenvalue weighted by atomic mass is 35.5. The summed E-state index contributed by atoms with van der Waals surface area (Å²) in [6.07, 6.45) is 0.323. The van der Waals surface area contributed by atoms with Crippen molar-refractivity contribution in [2.75, 3.05) is 13.2 Å². The first-order chi connectivity index (χ1) is 16.8.